The van der Waals surface area contributed by atoms with E-state index in [1.54, 1.807) is 17.7 Å². The molecule has 0 aliphatic rings. The fourth-order valence-electron chi connectivity index (χ4n) is 1.96. The van der Waals surface area contributed by atoms with E-state index in [1.807, 2.05) is 30.3 Å². The van der Waals surface area contributed by atoms with Gasteiger partial charge in [0, 0.05) is 32.8 Å². The fraction of sp³-hybridized carbons (Fsp3) is 0.357. The van der Waals surface area contributed by atoms with E-state index in [4.69, 9.17) is 4.74 Å². The Balaban J connectivity index is 2.12. The monoisotopic (exact) mass is 246 g/mol. The molecule has 0 bridgehead atoms. The zero-order chi connectivity index (χ0) is 12.8. The van der Waals surface area contributed by atoms with Crippen molar-refractivity contribution in [3.63, 3.8) is 0 Å². The first kappa shape index (κ1) is 12.8. The Morgan fingerprint density at radius 1 is 1.17 bits per heavy atom. The molecule has 96 valence electrons. The maximum absolute atomic E-state index is 11.9. The zero-order valence-corrected chi connectivity index (χ0v) is 10.6. The van der Waals surface area contributed by atoms with Crippen molar-refractivity contribution in [1.29, 1.82) is 0 Å². The molecule has 0 fully saturated rings. The number of methoxy groups -OCH3 is 1. The van der Waals surface area contributed by atoms with Gasteiger partial charge in [0.25, 0.3) is 5.56 Å². The average Bonchev–Trinajstić information content (AvgIpc) is 2.41. The molecule has 0 atom stereocenters. The molecule has 0 aliphatic heterocycles. The number of pyridine rings is 1. The minimum atomic E-state index is 0.0437. The summed E-state index contributed by atoms with van der Waals surface area (Å²) in [4.78, 5) is 11.9. The van der Waals surface area contributed by atoms with Crippen molar-refractivity contribution in [3.8, 4) is 0 Å². The fourth-order valence-corrected chi connectivity index (χ4v) is 1.96. The summed E-state index contributed by atoms with van der Waals surface area (Å²) in [5.41, 5.74) is 1.03. The van der Waals surface area contributed by atoms with Crippen molar-refractivity contribution >= 4 is 10.9 Å². The topological polar surface area (TPSA) is 43.3 Å². The lowest BCUT2D eigenvalue weighted by Gasteiger charge is -2.10. The van der Waals surface area contributed by atoms with Crippen LogP contribution in [-0.2, 0) is 11.3 Å². The van der Waals surface area contributed by atoms with E-state index < -0.39 is 0 Å². The molecule has 4 heteroatoms. The largest absolute Gasteiger partial charge is 0.383 e. The number of nitrogens with one attached hydrogen (secondary N) is 1. The molecular weight excluding hydrogens is 228 g/mol. The van der Waals surface area contributed by atoms with Gasteiger partial charge in [0.2, 0.25) is 0 Å². The van der Waals surface area contributed by atoms with Crippen LogP contribution >= 0.6 is 0 Å². The molecule has 1 aromatic carbocycles. The van der Waals surface area contributed by atoms with Crippen molar-refractivity contribution in [3.05, 3.63) is 46.8 Å². The third-order valence-electron chi connectivity index (χ3n) is 2.89. The second-order valence-electron chi connectivity index (χ2n) is 4.12. The Morgan fingerprint density at radius 2 is 2.00 bits per heavy atom. The molecule has 0 saturated heterocycles. The van der Waals surface area contributed by atoms with Crippen LogP contribution < -0.4 is 10.9 Å². The van der Waals surface area contributed by atoms with Crippen LogP contribution in [0.2, 0.25) is 0 Å². The quantitative estimate of drug-likeness (QED) is 0.780. The predicted molar refractivity (Wildman–Crippen MR) is 73.0 cm³/mol. The molecule has 0 amide bonds. The van der Waals surface area contributed by atoms with Crippen LogP contribution in [0.15, 0.2) is 41.2 Å². The molecule has 0 spiro atoms. The van der Waals surface area contributed by atoms with Gasteiger partial charge in [0.15, 0.2) is 0 Å². The third kappa shape index (κ3) is 2.97. The highest BCUT2D eigenvalue weighted by molar-refractivity contribution is 5.78. The van der Waals surface area contributed by atoms with Gasteiger partial charge in [-0.05, 0) is 17.5 Å². The summed E-state index contributed by atoms with van der Waals surface area (Å²) < 4.78 is 6.76. The number of nitrogens with zero attached hydrogens (tertiary/aromatic N) is 1. The molecule has 0 unspecified atom stereocenters. The minimum Gasteiger partial charge on any atom is -0.383 e. The van der Waals surface area contributed by atoms with Gasteiger partial charge in [-0.25, -0.2) is 0 Å². The maximum atomic E-state index is 11.9. The summed E-state index contributed by atoms with van der Waals surface area (Å²) in [7, 11) is 1.68. The van der Waals surface area contributed by atoms with Crippen LogP contribution in [0, 0.1) is 0 Å². The first-order chi connectivity index (χ1) is 8.83. The first-order valence-corrected chi connectivity index (χ1v) is 6.11. The van der Waals surface area contributed by atoms with Gasteiger partial charge in [0.1, 0.15) is 0 Å². The van der Waals surface area contributed by atoms with Crippen LogP contribution in [0.1, 0.15) is 0 Å². The average molecular weight is 246 g/mol. The third-order valence-corrected chi connectivity index (χ3v) is 2.89. The number of fused-ring (bicyclic) bond motifs is 1. The maximum Gasteiger partial charge on any atom is 0.251 e. The Morgan fingerprint density at radius 3 is 2.83 bits per heavy atom. The lowest BCUT2D eigenvalue weighted by molar-refractivity contribution is 0.199. The Kier molecular flexibility index (Phi) is 4.50. The second kappa shape index (κ2) is 6.33. The standard InChI is InChI=1S/C14H18N2O2/c1-18-11-9-15-8-10-16-13-5-3-2-4-12(13)6-7-14(16)17/h2-7,15H,8-11H2,1H3. The van der Waals surface area contributed by atoms with Gasteiger partial charge >= 0.3 is 0 Å². The lowest BCUT2D eigenvalue weighted by Crippen LogP contribution is -2.28. The van der Waals surface area contributed by atoms with Gasteiger partial charge in [-0.3, -0.25) is 4.79 Å². The van der Waals surface area contributed by atoms with Gasteiger partial charge in [0.05, 0.1) is 12.1 Å². The van der Waals surface area contributed by atoms with Crippen LogP contribution in [-0.4, -0.2) is 31.4 Å². The summed E-state index contributed by atoms with van der Waals surface area (Å²) in [6, 6.07) is 11.4. The Bertz CT molecular complexity index is 563. The zero-order valence-electron chi connectivity index (χ0n) is 10.6. The number of benzene rings is 1. The predicted octanol–water partition coefficient (Wildman–Crippen LogP) is 1.24. The molecule has 2 rings (SSSR count). The summed E-state index contributed by atoms with van der Waals surface area (Å²) in [6.07, 6.45) is 0. The highest BCUT2D eigenvalue weighted by atomic mass is 16.5. The number of hydrogen-bond acceptors (Lipinski definition) is 3. The Hall–Kier alpha value is -1.65. The number of hydrogen-bond donors (Lipinski definition) is 1. The highest BCUT2D eigenvalue weighted by Crippen LogP contribution is 2.10. The van der Waals surface area contributed by atoms with Gasteiger partial charge < -0.3 is 14.6 Å². The van der Waals surface area contributed by atoms with Crippen LogP contribution in [0.3, 0.4) is 0 Å². The van der Waals surface area contributed by atoms with E-state index >= 15 is 0 Å². The van der Waals surface area contributed by atoms with E-state index in [0.717, 1.165) is 24.0 Å². The minimum absolute atomic E-state index is 0.0437. The van der Waals surface area contributed by atoms with Crippen molar-refractivity contribution in [2.45, 2.75) is 6.54 Å². The number of aromatic nitrogens is 1. The van der Waals surface area contributed by atoms with E-state index in [2.05, 4.69) is 5.32 Å². The van der Waals surface area contributed by atoms with Crippen molar-refractivity contribution in [1.82, 2.24) is 9.88 Å². The van der Waals surface area contributed by atoms with Crippen molar-refractivity contribution < 1.29 is 4.74 Å². The SMILES string of the molecule is COCCNCCn1c(=O)ccc2ccccc21. The van der Waals surface area contributed by atoms with Crippen LogP contribution in [0.5, 0.6) is 0 Å². The molecule has 2 aromatic rings. The van der Waals surface area contributed by atoms with E-state index in [9.17, 15) is 4.79 Å². The molecule has 0 aliphatic carbocycles. The summed E-state index contributed by atoms with van der Waals surface area (Å²) in [5, 5.41) is 4.33. The molecule has 1 aromatic heterocycles. The lowest BCUT2D eigenvalue weighted by atomic mass is 10.2. The second-order valence-corrected chi connectivity index (χ2v) is 4.12. The summed E-state index contributed by atoms with van der Waals surface area (Å²) in [6.45, 7) is 2.92. The van der Waals surface area contributed by atoms with E-state index in [1.165, 1.54) is 0 Å². The van der Waals surface area contributed by atoms with Crippen molar-refractivity contribution in [2.24, 2.45) is 0 Å². The number of ether oxygens (including phenoxy) is 1. The normalized spacial score (nSPS) is 10.9. The van der Waals surface area contributed by atoms with Crippen molar-refractivity contribution in [2.75, 3.05) is 26.8 Å². The smallest absolute Gasteiger partial charge is 0.251 e. The van der Waals surface area contributed by atoms with Crippen LogP contribution in [0.4, 0.5) is 0 Å². The first-order valence-electron chi connectivity index (χ1n) is 6.11. The molecular formula is C14H18N2O2. The molecule has 0 radical (unpaired) electrons. The van der Waals surface area contributed by atoms with E-state index in [-0.39, 0.29) is 5.56 Å². The number of para-hydroxylation sites is 1. The molecule has 4 nitrogen and oxygen atoms in total. The van der Waals surface area contributed by atoms with Gasteiger partial charge in [-0.15, -0.1) is 0 Å². The van der Waals surface area contributed by atoms with Crippen LogP contribution in [0.25, 0.3) is 10.9 Å². The molecule has 1 heterocycles. The summed E-state index contributed by atoms with van der Waals surface area (Å²) in [5.74, 6) is 0. The van der Waals surface area contributed by atoms with E-state index in [0.29, 0.717) is 13.2 Å². The molecule has 18 heavy (non-hydrogen) atoms. The molecule has 0 saturated carbocycles. The highest BCUT2D eigenvalue weighted by Gasteiger charge is 2.01. The van der Waals surface area contributed by atoms with Gasteiger partial charge in [-0.2, -0.15) is 0 Å². The molecule has 1 N–H and O–H groups in total. The summed E-state index contributed by atoms with van der Waals surface area (Å²) >= 11 is 0. The number of rotatable bonds is 6. The van der Waals surface area contributed by atoms with Gasteiger partial charge in [-0.1, -0.05) is 18.2 Å². The Labute approximate surface area is 106 Å².